The van der Waals surface area contributed by atoms with Gasteiger partial charge in [0.05, 0.1) is 10.5 Å². The third kappa shape index (κ3) is 4.09. The number of hydrogen-bond donors (Lipinski definition) is 3. The molecule has 0 unspecified atom stereocenters. The van der Waals surface area contributed by atoms with Crippen molar-refractivity contribution in [2.45, 2.75) is 11.3 Å². The van der Waals surface area contributed by atoms with Gasteiger partial charge < -0.3 is 9.84 Å². The number of aliphatic carboxylic acids is 1. The van der Waals surface area contributed by atoms with Gasteiger partial charge >= 0.3 is 5.97 Å². The van der Waals surface area contributed by atoms with Crippen molar-refractivity contribution >= 4 is 28.2 Å². The molecular formula is C18H15ClO5S. The quantitative estimate of drug-likeness (QED) is 0.706. The summed E-state index contributed by atoms with van der Waals surface area (Å²) in [4.78, 5) is 11.2. The maximum absolute atomic E-state index is 10.7. The summed E-state index contributed by atoms with van der Waals surface area (Å²) in [6.45, 7) is -0.476. The first-order valence-electron chi connectivity index (χ1n) is 7.40. The van der Waals surface area contributed by atoms with Gasteiger partial charge in [0.2, 0.25) is 0 Å². The van der Waals surface area contributed by atoms with E-state index in [1.54, 1.807) is 24.3 Å². The highest BCUT2D eigenvalue weighted by atomic mass is 35.5. The molecule has 0 saturated heterocycles. The first-order valence-corrected chi connectivity index (χ1v) is 9.49. The minimum absolute atomic E-state index is 0.324. The zero-order valence-corrected chi connectivity index (χ0v) is 14.6. The molecule has 0 spiro atoms. The van der Waals surface area contributed by atoms with Crippen molar-refractivity contribution in [1.82, 2.24) is 0 Å². The number of benzene rings is 2. The summed E-state index contributed by atoms with van der Waals surface area (Å²) in [6, 6.07) is 10.1. The fraction of sp³-hybridized carbons (Fsp3) is 0.167. The van der Waals surface area contributed by atoms with Crippen molar-refractivity contribution in [1.29, 1.82) is 0 Å². The molecule has 0 radical (unpaired) electrons. The van der Waals surface area contributed by atoms with Crippen molar-refractivity contribution in [2.24, 2.45) is 0 Å². The Morgan fingerprint density at radius 2 is 2.00 bits per heavy atom. The van der Waals surface area contributed by atoms with Crippen molar-refractivity contribution < 1.29 is 23.7 Å². The Kier molecular flexibility index (Phi) is 4.93. The zero-order valence-electron chi connectivity index (χ0n) is 13.0. The molecule has 0 aliphatic carbocycles. The van der Waals surface area contributed by atoms with Gasteiger partial charge in [0.25, 0.3) is 0 Å². The van der Waals surface area contributed by atoms with Gasteiger partial charge in [0.1, 0.15) is 5.75 Å². The molecular weight excluding hydrogens is 364 g/mol. The van der Waals surface area contributed by atoms with E-state index in [0.29, 0.717) is 39.0 Å². The monoisotopic (exact) mass is 378 g/mol. The molecule has 1 aliphatic heterocycles. The van der Waals surface area contributed by atoms with Crippen LogP contribution in [0.5, 0.6) is 5.75 Å². The van der Waals surface area contributed by atoms with Gasteiger partial charge in [0.15, 0.2) is 6.61 Å². The van der Waals surface area contributed by atoms with E-state index >= 15 is 0 Å². The molecule has 0 fully saturated rings. The lowest BCUT2D eigenvalue weighted by atomic mass is 10.1. The predicted octanol–water partition coefficient (Wildman–Crippen LogP) is 3.87. The maximum atomic E-state index is 10.7. The Morgan fingerprint density at radius 1 is 1.20 bits per heavy atom. The number of carboxylic acids is 1. The van der Waals surface area contributed by atoms with E-state index in [-0.39, 0.29) is 0 Å². The van der Waals surface area contributed by atoms with Gasteiger partial charge in [-0.25, -0.2) is 4.79 Å². The van der Waals surface area contributed by atoms with E-state index in [9.17, 15) is 13.9 Å². The van der Waals surface area contributed by atoms with Gasteiger partial charge in [-0.15, -0.1) is 0 Å². The Morgan fingerprint density at radius 3 is 2.76 bits per heavy atom. The lowest BCUT2D eigenvalue weighted by Crippen LogP contribution is -2.10. The maximum Gasteiger partial charge on any atom is 0.341 e. The average Bonchev–Trinajstić information content (AvgIpc) is 2.87. The van der Waals surface area contributed by atoms with Crippen molar-refractivity contribution in [2.75, 3.05) is 12.4 Å². The van der Waals surface area contributed by atoms with Crippen LogP contribution in [0.3, 0.4) is 0 Å². The highest BCUT2D eigenvalue weighted by Gasteiger charge is 2.26. The Hall–Kier alpha value is -2.17. The smallest absolute Gasteiger partial charge is 0.341 e. The highest BCUT2D eigenvalue weighted by molar-refractivity contribution is 8.24. The molecule has 2 aromatic rings. The number of ether oxygens (including phenoxy) is 1. The number of halogens is 1. The first-order chi connectivity index (χ1) is 11.8. The van der Waals surface area contributed by atoms with Gasteiger partial charge in [-0.1, -0.05) is 29.5 Å². The fourth-order valence-corrected chi connectivity index (χ4v) is 4.31. The van der Waals surface area contributed by atoms with E-state index in [2.05, 4.69) is 11.8 Å². The molecule has 5 nitrogen and oxygen atoms in total. The van der Waals surface area contributed by atoms with Gasteiger partial charge in [-0.2, -0.15) is 10.6 Å². The van der Waals surface area contributed by atoms with Crippen molar-refractivity contribution in [3.05, 3.63) is 58.1 Å². The second-order valence-electron chi connectivity index (χ2n) is 5.52. The fourth-order valence-electron chi connectivity index (χ4n) is 2.51. The van der Waals surface area contributed by atoms with E-state index in [1.807, 2.05) is 12.1 Å². The highest BCUT2D eigenvalue weighted by Crippen LogP contribution is 2.55. The van der Waals surface area contributed by atoms with Gasteiger partial charge in [-0.05, 0) is 42.3 Å². The SMILES string of the molecule is O=C(O)COc1ccc(Cl)cc1C#Cc1ccc2c(c1)S(O)(O)CC2. The summed E-state index contributed by atoms with van der Waals surface area (Å²) in [5.74, 6) is 5.43. The second-order valence-corrected chi connectivity index (χ2v) is 8.13. The van der Waals surface area contributed by atoms with Crippen LogP contribution in [0.4, 0.5) is 0 Å². The van der Waals surface area contributed by atoms with Crippen molar-refractivity contribution in [3.63, 3.8) is 0 Å². The Balaban J connectivity index is 1.91. The summed E-state index contributed by atoms with van der Waals surface area (Å²) in [7, 11) is -2.72. The minimum Gasteiger partial charge on any atom is -0.481 e. The lowest BCUT2D eigenvalue weighted by Gasteiger charge is -2.27. The lowest BCUT2D eigenvalue weighted by molar-refractivity contribution is -0.139. The molecule has 130 valence electrons. The number of rotatable bonds is 3. The normalized spacial score (nSPS) is 15.6. The summed E-state index contributed by atoms with van der Waals surface area (Å²) in [5, 5.41) is 9.19. The third-order valence-corrected chi connectivity index (χ3v) is 5.80. The van der Waals surface area contributed by atoms with Crippen LogP contribution in [0.25, 0.3) is 0 Å². The molecule has 3 rings (SSSR count). The van der Waals surface area contributed by atoms with Crippen LogP contribution in [0.1, 0.15) is 16.7 Å². The molecule has 0 saturated carbocycles. The standard InChI is InChI=1S/C18H15ClO5S/c19-15-5-6-16(24-11-18(20)21)14(10-15)4-2-12-1-3-13-7-8-25(22,23)17(13)9-12/h1,3,5-6,9-10,22-23H,7-8,11H2,(H,20,21). The van der Waals surface area contributed by atoms with Crippen LogP contribution in [0.2, 0.25) is 5.02 Å². The van der Waals surface area contributed by atoms with Crippen LogP contribution in [0, 0.1) is 11.8 Å². The molecule has 7 heteroatoms. The predicted molar refractivity (Wildman–Crippen MR) is 96.7 cm³/mol. The number of carboxylic acid groups (broad SMARTS) is 1. The van der Waals surface area contributed by atoms with Crippen LogP contribution >= 0.6 is 22.2 Å². The van der Waals surface area contributed by atoms with Gasteiger partial charge in [0, 0.05) is 16.3 Å². The minimum atomic E-state index is -2.72. The van der Waals surface area contributed by atoms with Crippen LogP contribution in [-0.4, -0.2) is 32.5 Å². The summed E-state index contributed by atoms with van der Waals surface area (Å²) < 4.78 is 25.3. The summed E-state index contributed by atoms with van der Waals surface area (Å²) in [5.41, 5.74) is 2.02. The molecule has 3 N–H and O–H groups in total. The van der Waals surface area contributed by atoms with E-state index in [0.717, 1.165) is 5.56 Å². The zero-order chi connectivity index (χ0) is 18.0. The first kappa shape index (κ1) is 17.6. The largest absolute Gasteiger partial charge is 0.481 e. The topological polar surface area (TPSA) is 87.0 Å². The van der Waals surface area contributed by atoms with Crippen LogP contribution < -0.4 is 4.74 Å². The molecule has 0 amide bonds. The Labute approximate surface area is 151 Å². The molecule has 0 atom stereocenters. The third-order valence-electron chi connectivity index (χ3n) is 3.71. The number of aryl methyl sites for hydroxylation is 1. The average molecular weight is 379 g/mol. The summed E-state index contributed by atoms with van der Waals surface area (Å²) >= 11 is 5.97. The molecule has 1 heterocycles. The molecule has 0 aromatic heterocycles. The molecule has 0 bridgehead atoms. The number of carbonyl (C=O) groups is 1. The second kappa shape index (κ2) is 6.98. The van der Waals surface area contributed by atoms with Gasteiger partial charge in [-0.3, -0.25) is 9.11 Å². The van der Waals surface area contributed by atoms with E-state index in [1.165, 1.54) is 0 Å². The Bertz CT molecular complexity index is 898. The summed E-state index contributed by atoms with van der Waals surface area (Å²) in [6.07, 6.45) is 0.646. The molecule has 2 aromatic carbocycles. The molecule has 1 aliphatic rings. The molecule has 25 heavy (non-hydrogen) atoms. The van der Waals surface area contributed by atoms with Crippen molar-refractivity contribution in [3.8, 4) is 17.6 Å². The van der Waals surface area contributed by atoms with Crippen LogP contribution in [0.15, 0.2) is 41.3 Å². The van der Waals surface area contributed by atoms with E-state index in [4.69, 9.17) is 21.4 Å². The number of fused-ring (bicyclic) bond motifs is 1. The van der Waals surface area contributed by atoms with Crippen LogP contribution in [-0.2, 0) is 11.2 Å². The van der Waals surface area contributed by atoms with E-state index < -0.39 is 23.2 Å². The number of hydrogen-bond acceptors (Lipinski definition) is 4.